The van der Waals surface area contributed by atoms with Crippen molar-refractivity contribution in [2.45, 2.75) is 51.8 Å². The van der Waals surface area contributed by atoms with E-state index in [4.69, 9.17) is 9.72 Å². The summed E-state index contributed by atoms with van der Waals surface area (Å²) in [7, 11) is 0. The average molecular weight is 485 g/mol. The number of hydrogen-bond donors (Lipinski definition) is 1. The minimum Gasteiger partial charge on any atom is -0.444 e. The van der Waals surface area contributed by atoms with Gasteiger partial charge in [-0.2, -0.15) is 0 Å². The zero-order valence-corrected chi connectivity index (χ0v) is 19.9. The number of imidazole rings is 1. The first-order chi connectivity index (χ1) is 14.8. The molecule has 1 aliphatic rings. The highest BCUT2D eigenvalue weighted by molar-refractivity contribution is 9.10. The van der Waals surface area contributed by atoms with Crippen molar-refractivity contribution in [2.75, 3.05) is 18.4 Å². The van der Waals surface area contributed by atoms with E-state index in [1.165, 1.54) is 5.56 Å². The maximum absolute atomic E-state index is 12.6. The van der Waals surface area contributed by atoms with E-state index in [1.54, 1.807) is 0 Å². The van der Waals surface area contributed by atoms with Gasteiger partial charge in [0.15, 0.2) is 0 Å². The van der Waals surface area contributed by atoms with Crippen molar-refractivity contribution in [3.8, 4) is 0 Å². The number of carbonyl (C=O) groups excluding carboxylic acids is 1. The lowest BCUT2D eigenvalue weighted by molar-refractivity contribution is 0.0235. The third-order valence-corrected chi connectivity index (χ3v) is 5.94. The summed E-state index contributed by atoms with van der Waals surface area (Å²) in [5.41, 5.74) is 2.75. The van der Waals surface area contributed by atoms with E-state index in [9.17, 15) is 4.79 Å². The van der Waals surface area contributed by atoms with Crippen LogP contribution < -0.4 is 5.32 Å². The third-order valence-electron chi connectivity index (χ3n) is 5.41. The Morgan fingerprint density at radius 2 is 1.94 bits per heavy atom. The highest BCUT2D eigenvalue weighted by Gasteiger charge is 2.32. The zero-order valence-electron chi connectivity index (χ0n) is 18.3. The summed E-state index contributed by atoms with van der Waals surface area (Å²) in [5.74, 6) is 0.820. The Labute approximate surface area is 191 Å². The topological polar surface area (TPSA) is 59.4 Å². The Hall–Kier alpha value is -2.54. The maximum atomic E-state index is 12.6. The molecule has 2 heterocycles. The van der Waals surface area contributed by atoms with Crippen molar-refractivity contribution in [2.24, 2.45) is 0 Å². The fourth-order valence-corrected chi connectivity index (χ4v) is 4.23. The van der Waals surface area contributed by atoms with Gasteiger partial charge in [0.05, 0.1) is 23.6 Å². The van der Waals surface area contributed by atoms with Crippen LogP contribution in [0.4, 0.5) is 10.7 Å². The van der Waals surface area contributed by atoms with Gasteiger partial charge >= 0.3 is 6.09 Å². The highest BCUT2D eigenvalue weighted by atomic mass is 79.9. The number of hydrogen-bond acceptors (Lipinski definition) is 4. The molecule has 4 rings (SSSR count). The molecule has 0 spiro atoms. The van der Waals surface area contributed by atoms with Crippen molar-refractivity contribution in [3.05, 3.63) is 58.6 Å². The van der Waals surface area contributed by atoms with Crippen LogP contribution in [-0.2, 0) is 11.3 Å². The van der Waals surface area contributed by atoms with Crippen molar-refractivity contribution in [3.63, 3.8) is 0 Å². The SMILES string of the molecule is CC(C)(C)OC(=O)N1CCC[C@H]1CNc1nc2ccccc2n1Cc1ccc(Br)cc1. The smallest absolute Gasteiger partial charge is 0.410 e. The summed E-state index contributed by atoms with van der Waals surface area (Å²) in [6, 6.07) is 16.6. The minimum atomic E-state index is -0.490. The van der Waals surface area contributed by atoms with Crippen LogP contribution in [0.2, 0.25) is 0 Å². The van der Waals surface area contributed by atoms with Crippen LogP contribution in [0, 0.1) is 0 Å². The molecule has 7 heteroatoms. The first-order valence-corrected chi connectivity index (χ1v) is 11.5. The minimum absolute atomic E-state index is 0.0933. The van der Waals surface area contributed by atoms with Crippen molar-refractivity contribution >= 4 is 39.0 Å². The van der Waals surface area contributed by atoms with Crippen LogP contribution in [0.5, 0.6) is 0 Å². The second-order valence-corrected chi connectivity index (χ2v) is 9.90. The molecule has 0 unspecified atom stereocenters. The van der Waals surface area contributed by atoms with Crippen LogP contribution >= 0.6 is 15.9 Å². The predicted molar refractivity (Wildman–Crippen MR) is 127 cm³/mol. The van der Waals surface area contributed by atoms with E-state index >= 15 is 0 Å². The zero-order chi connectivity index (χ0) is 22.0. The van der Waals surface area contributed by atoms with E-state index in [0.29, 0.717) is 6.54 Å². The lowest BCUT2D eigenvalue weighted by Crippen LogP contribution is -2.42. The Bertz CT molecular complexity index is 1060. The first-order valence-electron chi connectivity index (χ1n) is 10.7. The summed E-state index contributed by atoms with van der Waals surface area (Å²) in [6.45, 7) is 7.80. The number of halogens is 1. The average Bonchev–Trinajstić information content (AvgIpc) is 3.32. The maximum Gasteiger partial charge on any atom is 0.410 e. The summed E-state index contributed by atoms with van der Waals surface area (Å²) in [5, 5.41) is 3.52. The number of ether oxygens (including phenoxy) is 1. The van der Waals surface area contributed by atoms with Gasteiger partial charge in [0.2, 0.25) is 5.95 Å². The summed E-state index contributed by atoms with van der Waals surface area (Å²) < 4.78 is 8.86. The number of nitrogens with one attached hydrogen (secondary N) is 1. The number of para-hydroxylation sites is 2. The molecule has 1 N–H and O–H groups in total. The normalized spacial score (nSPS) is 16.6. The van der Waals surface area contributed by atoms with Gasteiger partial charge in [0.25, 0.3) is 0 Å². The van der Waals surface area contributed by atoms with Crippen LogP contribution in [0.25, 0.3) is 11.0 Å². The Morgan fingerprint density at radius 3 is 2.68 bits per heavy atom. The molecular weight excluding hydrogens is 456 g/mol. The van der Waals surface area contributed by atoms with Gasteiger partial charge in [-0.3, -0.25) is 0 Å². The van der Waals surface area contributed by atoms with E-state index in [1.807, 2.05) is 43.9 Å². The molecule has 31 heavy (non-hydrogen) atoms. The molecule has 164 valence electrons. The second-order valence-electron chi connectivity index (χ2n) is 8.99. The van der Waals surface area contributed by atoms with E-state index in [2.05, 4.69) is 56.1 Å². The molecule has 6 nitrogen and oxygen atoms in total. The lowest BCUT2D eigenvalue weighted by atomic mass is 10.2. The Kier molecular flexibility index (Phi) is 6.23. The van der Waals surface area contributed by atoms with Crippen molar-refractivity contribution < 1.29 is 9.53 Å². The van der Waals surface area contributed by atoms with Gasteiger partial charge in [-0.25, -0.2) is 9.78 Å². The number of anilines is 1. The molecule has 1 saturated heterocycles. The number of carbonyl (C=O) groups is 1. The van der Waals surface area contributed by atoms with Crippen LogP contribution in [0.3, 0.4) is 0 Å². The molecule has 3 aromatic rings. The Morgan fingerprint density at radius 1 is 1.19 bits per heavy atom. The molecule has 0 aliphatic carbocycles. The van der Waals surface area contributed by atoms with Gasteiger partial charge in [0.1, 0.15) is 5.60 Å². The number of likely N-dealkylation sites (tertiary alicyclic amines) is 1. The van der Waals surface area contributed by atoms with Crippen molar-refractivity contribution in [1.29, 1.82) is 0 Å². The summed E-state index contributed by atoms with van der Waals surface area (Å²) in [4.78, 5) is 19.3. The van der Waals surface area contributed by atoms with E-state index < -0.39 is 5.60 Å². The van der Waals surface area contributed by atoms with Crippen LogP contribution in [0.1, 0.15) is 39.2 Å². The third kappa shape index (κ3) is 5.21. The quantitative estimate of drug-likeness (QED) is 0.507. The molecule has 0 bridgehead atoms. The standard InChI is InChI=1S/C24H29BrN4O2/c1-24(2,3)31-23(30)28-14-6-7-19(28)15-26-22-27-20-8-4-5-9-21(20)29(22)16-17-10-12-18(25)13-11-17/h4-5,8-13,19H,6-7,14-16H2,1-3H3,(H,26,27)/t19-/m0/s1. The molecule has 1 amide bonds. The highest BCUT2D eigenvalue weighted by Crippen LogP contribution is 2.24. The van der Waals surface area contributed by atoms with Gasteiger partial charge in [-0.05, 0) is 63.4 Å². The van der Waals surface area contributed by atoms with Crippen LogP contribution in [-0.4, -0.2) is 45.3 Å². The molecule has 0 saturated carbocycles. The van der Waals surface area contributed by atoms with Gasteiger partial charge in [-0.15, -0.1) is 0 Å². The van der Waals surface area contributed by atoms with Crippen molar-refractivity contribution in [1.82, 2.24) is 14.5 Å². The monoisotopic (exact) mass is 484 g/mol. The lowest BCUT2D eigenvalue weighted by Gasteiger charge is -2.28. The summed E-state index contributed by atoms with van der Waals surface area (Å²) >= 11 is 3.50. The number of nitrogens with zero attached hydrogens (tertiary/aromatic N) is 3. The number of benzene rings is 2. The number of fused-ring (bicyclic) bond motifs is 1. The Balaban J connectivity index is 1.53. The first kappa shape index (κ1) is 21.7. The second kappa shape index (κ2) is 8.91. The molecule has 1 aliphatic heterocycles. The molecule has 1 aromatic heterocycles. The van der Waals surface area contributed by atoms with Gasteiger partial charge in [0, 0.05) is 17.6 Å². The van der Waals surface area contributed by atoms with Gasteiger partial charge in [-0.1, -0.05) is 40.2 Å². The molecule has 1 fully saturated rings. The molecule has 0 radical (unpaired) electrons. The van der Waals surface area contributed by atoms with E-state index in [0.717, 1.165) is 47.4 Å². The number of aromatic nitrogens is 2. The van der Waals surface area contributed by atoms with Gasteiger partial charge < -0.3 is 19.5 Å². The number of amides is 1. The predicted octanol–water partition coefficient (Wildman–Crippen LogP) is 5.66. The fourth-order valence-electron chi connectivity index (χ4n) is 3.96. The molecule has 1 atom stereocenters. The fraction of sp³-hybridized carbons (Fsp3) is 0.417. The summed E-state index contributed by atoms with van der Waals surface area (Å²) in [6.07, 6.45) is 1.71. The molecule has 2 aromatic carbocycles. The number of rotatable bonds is 5. The largest absolute Gasteiger partial charge is 0.444 e. The molecular formula is C24H29BrN4O2. The van der Waals surface area contributed by atoms with Crippen LogP contribution in [0.15, 0.2) is 53.0 Å². The van der Waals surface area contributed by atoms with E-state index in [-0.39, 0.29) is 12.1 Å².